The summed E-state index contributed by atoms with van der Waals surface area (Å²) in [7, 11) is 0. The lowest BCUT2D eigenvalue weighted by Crippen LogP contribution is -2.45. The van der Waals surface area contributed by atoms with Gasteiger partial charge in [0.2, 0.25) is 5.91 Å². The first-order chi connectivity index (χ1) is 12.1. The predicted molar refractivity (Wildman–Crippen MR) is 95.6 cm³/mol. The molecule has 5 heteroatoms. The average molecular weight is 345 g/mol. The van der Waals surface area contributed by atoms with Crippen LogP contribution in [0.3, 0.4) is 0 Å². The van der Waals surface area contributed by atoms with Gasteiger partial charge in [0.1, 0.15) is 5.82 Å². The highest BCUT2D eigenvalue weighted by Crippen LogP contribution is 2.39. The van der Waals surface area contributed by atoms with E-state index in [-0.39, 0.29) is 11.7 Å². The lowest BCUT2D eigenvalue weighted by Gasteiger charge is -2.40. The van der Waals surface area contributed by atoms with E-state index in [0.29, 0.717) is 18.0 Å². The number of carbonyl (C=O) groups is 1. The van der Waals surface area contributed by atoms with E-state index in [9.17, 15) is 9.18 Å². The maximum absolute atomic E-state index is 13.1. The fraction of sp³-hybridized carbons (Fsp3) is 0.650. The van der Waals surface area contributed by atoms with Crippen LogP contribution in [0.15, 0.2) is 24.3 Å². The number of nitrogens with zero attached hydrogens (tertiary/aromatic N) is 2. The molecule has 1 atom stereocenters. The highest BCUT2D eigenvalue weighted by atomic mass is 19.1. The lowest BCUT2D eigenvalue weighted by atomic mass is 9.79. The van der Waals surface area contributed by atoms with E-state index < -0.39 is 0 Å². The Balaban J connectivity index is 1.31. The molecule has 4 nitrogen and oxygen atoms in total. The Bertz CT molecular complexity index is 616. The molecule has 1 saturated carbocycles. The molecule has 0 radical (unpaired) electrons. The number of likely N-dealkylation sites (tertiary alicyclic amines) is 2. The maximum atomic E-state index is 13.1. The van der Waals surface area contributed by atoms with Crippen LogP contribution in [0.1, 0.15) is 37.7 Å². The van der Waals surface area contributed by atoms with Crippen molar-refractivity contribution in [3.8, 4) is 0 Å². The number of nitrogens with one attached hydrogen (secondary N) is 1. The highest BCUT2D eigenvalue weighted by molar-refractivity contribution is 5.78. The molecule has 0 unspecified atom stereocenters. The molecule has 2 saturated heterocycles. The monoisotopic (exact) mass is 345 g/mol. The largest absolute Gasteiger partial charge is 0.352 e. The molecule has 4 rings (SSSR count). The van der Waals surface area contributed by atoms with Crippen LogP contribution in [0.5, 0.6) is 0 Å². The molecule has 1 aromatic rings. The van der Waals surface area contributed by atoms with Crippen molar-refractivity contribution >= 4 is 5.91 Å². The summed E-state index contributed by atoms with van der Waals surface area (Å²) >= 11 is 0. The molecule has 1 spiro atoms. The number of benzene rings is 1. The summed E-state index contributed by atoms with van der Waals surface area (Å²) in [5, 5.41) is 3.10. The fourth-order valence-electron chi connectivity index (χ4n) is 4.49. The lowest BCUT2D eigenvalue weighted by molar-refractivity contribution is -0.122. The maximum Gasteiger partial charge on any atom is 0.234 e. The first-order valence-electron chi connectivity index (χ1n) is 9.59. The second-order valence-electron chi connectivity index (χ2n) is 8.24. The van der Waals surface area contributed by atoms with Gasteiger partial charge in [-0.3, -0.25) is 14.6 Å². The average Bonchev–Trinajstić information content (AvgIpc) is 3.32. The van der Waals surface area contributed by atoms with Crippen molar-refractivity contribution < 1.29 is 9.18 Å². The van der Waals surface area contributed by atoms with Crippen molar-refractivity contribution in [2.45, 2.75) is 44.7 Å². The minimum absolute atomic E-state index is 0.172. The third kappa shape index (κ3) is 4.39. The molecule has 1 aliphatic carbocycles. The van der Waals surface area contributed by atoms with Crippen molar-refractivity contribution in [2.24, 2.45) is 5.41 Å². The fourth-order valence-corrected chi connectivity index (χ4v) is 4.49. The van der Waals surface area contributed by atoms with Crippen LogP contribution >= 0.6 is 0 Å². The topological polar surface area (TPSA) is 35.6 Å². The Morgan fingerprint density at radius 1 is 1.12 bits per heavy atom. The van der Waals surface area contributed by atoms with Gasteiger partial charge in [-0.25, -0.2) is 4.39 Å². The Kier molecular flexibility index (Phi) is 4.78. The first-order valence-corrected chi connectivity index (χ1v) is 9.59. The van der Waals surface area contributed by atoms with E-state index in [1.54, 1.807) is 12.1 Å². The summed E-state index contributed by atoms with van der Waals surface area (Å²) in [6, 6.07) is 7.32. The number of piperidine rings is 1. The van der Waals surface area contributed by atoms with Crippen molar-refractivity contribution in [3.05, 3.63) is 35.6 Å². The normalized spacial score (nSPS) is 27.7. The molecule has 1 N–H and O–H groups in total. The smallest absolute Gasteiger partial charge is 0.234 e. The third-order valence-corrected chi connectivity index (χ3v) is 5.89. The predicted octanol–water partition coefficient (Wildman–Crippen LogP) is 2.39. The van der Waals surface area contributed by atoms with E-state index in [2.05, 4.69) is 15.1 Å². The Labute approximate surface area is 149 Å². The van der Waals surface area contributed by atoms with Gasteiger partial charge in [0.15, 0.2) is 0 Å². The van der Waals surface area contributed by atoms with E-state index >= 15 is 0 Å². The van der Waals surface area contributed by atoms with Crippen LogP contribution in [0.25, 0.3) is 0 Å². The summed E-state index contributed by atoms with van der Waals surface area (Å²) in [6.45, 7) is 5.71. The minimum atomic E-state index is -0.172. The molecule has 1 amide bonds. The van der Waals surface area contributed by atoms with Gasteiger partial charge in [-0.05, 0) is 68.3 Å². The molecule has 2 heterocycles. The molecule has 1 aromatic carbocycles. The van der Waals surface area contributed by atoms with Gasteiger partial charge < -0.3 is 5.32 Å². The van der Waals surface area contributed by atoms with Gasteiger partial charge in [-0.15, -0.1) is 0 Å². The zero-order valence-electron chi connectivity index (χ0n) is 14.8. The van der Waals surface area contributed by atoms with Gasteiger partial charge in [-0.2, -0.15) is 0 Å². The summed E-state index contributed by atoms with van der Waals surface area (Å²) in [5.74, 6) is 0.0216. The molecule has 0 aromatic heterocycles. The number of amides is 1. The van der Waals surface area contributed by atoms with Crippen LogP contribution in [0.4, 0.5) is 4.39 Å². The zero-order chi connectivity index (χ0) is 17.3. The Morgan fingerprint density at radius 2 is 1.88 bits per heavy atom. The van der Waals surface area contributed by atoms with Crippen LogP contribution in [0, 0.1) is 11.2 Å². The number of carbonyl (C=O) groups excluding carboxylic acids is 1. The standard InChI is InChI=1S/C20H28FN3O/c21-17-4-2-16(3-5-17)12-23-10-1-8-20(14-23)9-11-24(15-20)13-19(25)22-18-6-7-18/h2-5,18H,1,6-15H2,(H,22,25)/t20-/m0/s1. The van der Waals surface area contributed by atoms with Gasteiger partial charge in [0, 0.05) is 25.7 Å². The van der Waals surface area contributed by atoms with Crippen LogP contribution in [-0.4, -0.2) is 54.5 Å². The summed E-state index contributed by atoms with van der Waals surface area (Å²) < 4.78 is 13.1. The summed E-state index contributed by atoms with van der Waals surface area (Å²) in [6.07, 6.45) is 5.95. The van der Waals surface area contributed by atoms with Crippen molar-refractivity contribution in [1.29, 1.82) is 0 Å². The first kappa shape index (κ1) is 17.0. The quantitative estimate of drug-likeness (QED) is 0.890. The van der Waals surface area contributed by atoms with E-state index in [4.69, 9.17) is 0 Å². The SMILES string of the molecule is O=C(CN1CC[C@]2(CCCN(Cc3ccc(F)cc3)C2)C1)NC1CC1. The van der Waals surface area contributed by atoms with Gasteiger partial charge in [0.25, 0.3) is 0 Å². The molecule has 3 fully saturated rings. The van der Waals surface area contributed by atoms with Crippen molar-refractivity contribution in [1.82, 2.24) is 15.1 Å². The van der Waals surface area contributed by atoms with Gasteiger partial charge in [0.05, 0.1) is 6.54 Å². The molecule has 136 valence electrons. The summed E-state index contributed by atoms with van der Waals surface area (Å²) in [5.41, 5.74) is 1.51. The van der Waals surface area contributed by atoms with Crippen molar-refractivity contribution in [2.75, 3.05) is 32.7 Å². The van der Waals surface area contributed by atoms with Gasteiger partial charge >= 0.3 is 0 Å². The summed E-state index contributed by atoms with van der Waals surface area (Å²) in [4.78, 5) is 16.9. The molecular formula is C20H28FN3O. The zero-order valence-corrected chi connectivity index (χ0v) is 14.8. The molecule has 25 heavy (non-hydrogen) atoms. The third-order valence-electron chi connectivity index (χ3n) is 5.89. The second-order valence-corrected chi connectivity index (χ2v) is 8.24. The van der Waals surface area contributed by atoms with E-state index in [1.807, 2.05) is 12.1 Å². The molecule has 2 aliphatic heterocycles. The molecular weight excluding hydrogens is 317 g/mol. The second kappa shape index (κ2) is 7.04. The molecule has 0 bridgehead atoms. The molecule has 3 aliphatic rings. The van der Waals surface area contributed by atoms with Crippen LogP contribution in [0.2, 0.25) is 0 Å². The van der Waals surface area contributed by atoms with Crippen LogP contribution < -0.4 is 5.32 Å². The van der Waals surface area contributed by atoms with Crippen LogP contribution in [-0.2, 0) is 11.3 Å². The number of hydrogen-bond acceptors (Lipinski definition) is 3. The Hall–Kier alpha value is -1.46. The number of hydrogen-bond donors (Lipinski definition) is 1. The Morgan fingerprint density at radius 3 is 2.64 bits per heavy atom. The van der Waals surface area contributed by atoms with Gasteiger partial charge in [-0.1, -0.05) is 12.1 Å². The van der Waals surface area contributed by atoms with E-state index in [0.717, 1.165) is 45.6 Å². The highest BCUT2D eigenvalue weighted by Gasteiger charge is 2.41. The van der Waals surface area contributed by atoms with Crippen molar-refractivity contribution in [3.63, 3.8) is 0 Å². The number of halogens is 1. The van der Waals surface area contributed by atoms with E-state index in [1.165, 1.54) is 24.8 Å². The number of rotatable bonds is 5. The minimum Gasteiger partial charge on any atom is -0.352 e.